The van der Waals surface area contributed by atoms with Crippen LogP contribution in [0, 0.1) is 0 Å². The van der Waals surface area contributed by atoms with E-state index in [-0.39, 0.29) is 0 Å². The Labute approximate surface area is 155 Å². The highest BCUT2D eigenvalue weighted by molar-refractivity contribution is 7.99. The van der Waals surface area contributed by atoms with E-state index < -0.39 is 17.2 Å². The molecule has 0 fully saturated rings. The Balaban J connectivity index is 1.82. The fourth-order valence-electron chi connectivity index (χ4n) is 3.60. The van der Waals surface area contributed by atoms with Crippen LogP contribution in [-0.2, 0) is 18.3 Å². The van der Waals surface area contributed by atoms with Crippen molar-refractivity contribution in [3.05, 3.63) is 34.9 Å². The lowest BCUT2D eigenvalue weighted by Gasteiger charge is -2.39. The summed E-state index contributed by atoms with van der Waals surface area (Å²) >= 11 is 1.54. The van der Waals surface area contributed by atoms with Crippen LogP contribution in [-0.4, -0.2) is 43.2 Å². The van der Waals surface area contributed by atoms with Gasteiger partial charge in [0.15, 0.2) is 0 Å². The minimum absolute atomic E-state index is 0.413. The first kappa shape index (κ1) is 17.0. The number of nitrogens with zero attached hydrogens (tertiary/aromatic N) is 5. The SMILES string of the molecule is CCc1cc2c3c(c1)C(CSc1nnnn1C)=CC(C)(C)N3C(=O)C2=O. The predicted molar refractivity (Wildman–Crippen MR) is 99.2 cm³/mol. The number of anilines is 1. The summed E-state index contributed by atoms with van der Waals surface area (Å²) < 4.78 is 1.63. The molecule has 4 rings (SSSR count). The zero-order valence-corrected chi connectivity index (χ0v) is 15.9. The molecule has 0 N–H and O–H groups in total. The van der Waals surface area contributed by atoms with Crippen molar-refractivity contribution in [1.82, 2.24) is 20.2 Å². The van der Waals surface area contributed by atoms with Crippen LogP contribution in [0.3, 0.4) is 0 Å². The maximum absolute atomic E-state index is 12.6. The predicted octanol–water partition coefficient (Wildman–Crippen LogP) is 2.27. The van der Waals surface area contributed by atoms with Gasteiger partial charge in [0.1, 0.15) is 0 Å². The van der Waals surface area contributed by atoms with E-state index in [0.29, 0.717) is 11.3 Å². The first-order valence-corrected chi connectivity index (χ1v) is 9.45. The van der Waals surface area contributed by atoms with Crippen LogP contribution in [0.4, 0.5) is 5.69 Å². The van der Waals surface area contributed by atoms with Crippen LogP contribution in [0.5, 0.6) is 0 Å². The van der Waals surface area contributed by atoms with Gasteiger partial charge in [0, 0.05) is 18.4 Å². The maximum Gasteiger partial charge on any atom is 0.300 e. The van der Waals surface area contributed by atoms with E-state index in [2.05, 4.69) is 27.7 Å². The highest BCUT2D eigenvalue weighted by Gasteiger charge is 2.47. The summed E-state index contributed by atoms with van der Waals surface area (Å²) in [5, 5.41) is 12.3. The molecule has 1 aromatic heterocycles. The van der Waals surface area contributed by atoms with Gasteiger partial charge in [0.25, 0.3) is 11.7 Å². The third-order valence-corrected chi connectivity index (χ3v) is 5.89. The van der Waals surface area contributed by atoms with Gasteiger partial charge >= 0.3 is 0 Å². The third-order valence-electron chi connectivity index (χ3n) is 4.83. The molecule has 3 heterocycles. The van der Waals surface area contributed by atoms with Gasteiger partial charge < -0.3 is 0 Å². The summed E-state index contributed by atoms with van der Waals surface area (Å²) in [5.41, 5.74) is 3.81. The molecule has 2 aromatic rings. The Kier molecular flexibility index (Phi) is 3.76. The summed E-state index contributed by atoms with van der Waals surface area (Å²) in [6.45, 7) is 5.96. The van der Waals surface area contributed by atoms with E-state index in [0.717, 1.165) is 34.0 Å². The summed E-state index contributed by atoms with van der Waals surface area (Å²) in [4.78, 5) is 26.8. The maximum atomic E-state index is 12.6. The number of amides is 1. The van der Waals surface area contributed by atoms with Crippen molar-refractivity contribution in [3.63, 3.8) is 0 Å². The van der Waals surface area contributed by atoms with Gasteiger partial charge in [-0.15, -0.1) is 5.10 Å². The molecule has 134 valence electrons. The number of tetrazole rings is 1. The number of aryl methyl sites for hydroxylation is 2. The monoisotopic (exact) mass is 369 g/mol. The Hall–Kier alpha value is -2.48. The van der Waals surface area contributed by atoms with Crippen LogP contribution in [0.2, 0.25) is 0 Å². The van der Waals surface area contributed by atoms with Crippen LogP contribution < -0.4 is 4.90 Å². The molecule has 0 unspecified atom stereocenters. The number of aromatic nitrogens is 4. The highest BCUT2D eigenvalue weighted by atomic mass is 32.2. The van der Waals surface area contributed by atoms with E-state index >= 15 is 0 Å². The first-order valence-electron chi connectivity index (χ1n) is 8.46. The summed E-state index contributed by atoms with van der Waals surface area (Å²) in [7, 11) is 1.80. The highest BCUT2D eigenvalue weighted by Crippen LogP contribution is 2.46. The smallest absolute Gasteiger partial charge is 0.295 e. The topological polar surface area (TPSA) is 81.0 Å². The molecule has 0 saturated carbocycles. The Morgan fingerprint density at radius 2 is 1.92 bits per heavy atom. The molecule has 0 bridgehead atoms. The van der Waals surface area contributed by atoms with Gasteiger partial charge in [-0.1, -0.05) is 24.8 Å². The number of rotatable bonds is 4. The van der Waals surface area contributed by atoms with Crippen molar-refractivity contribution in [2.24, 2.45) is 7.05 Å². The molecule has 26 heavy (non-hydrogen) atoms. The lowest BCUT2D eigenvalue weighted by molar-refractivity contribution is -0.115. The third kappa shape index (κ3) is 2.39. The van der Waals surface area contributed by atoms with Gasteiger partial charge in [-0.2, -0.15) is 0 Å². The van der Waals surface area contributed by atoms with Gasteiger partial charge in [-0.05, 0) is 54.0 Å². The average Bonchev–Trinajstić information content (AvgIpc) is 3.12. The zero-order chi connectivity index (χ0) is 18.6. The van der Waals surface area contributed by atoms with Crippen molar-refractivity contribution in [3.8, 4) is 0 Å². The van der Waals surface area contributed by atoms with Crippen LogP contribution in [0.25, 0.3) is 5.57 Å². The van der Waals surface area contributed by atoms with E-state index in [9.17, 15) is 9.59 Å². The standard InChI is InChI=1S/C18H19N5O2S/c1-5-10-6-12-11(9-26-17-19-20-21-22(17)4)8-18(2,3)23-14(12)13(7-10)15(24)16(23)25/h6-8H,5,9H2,1-4H3. The van der Waals surface area contributed by atoms with Crippen molar-refractivity contribution < 1.29 is 9.59 Å². The Bertz CT molecular complexity index is 976. The number of carbonyl (C=O) groups excluding carboxylic acids is 2. The quantitative estimate of drug-likeness (QED) is 0.607. The van der Waals surface area contributed by atoms with Gasteiger partial charge in [-0.25, -0.2) is 4.68 Å². The van der Waals surface area contributed by atoms with E-state index in [1.165, 1.54) is 11.8 Å². The molecular formula is C18H19N5O2S. The number of thioether (sulfide) groups is 1. The Morgan fingerprint density at radius 1 is 1.19 bits per heavy atom. The molecule has 0 saturated heterocycles. The van der Waals surface area contributed by atoms with Crippen LogP contribution in [0.15, 0.2) is 23.4 Å². The molecule has 8 heteroatoms. The molecule has 7 nitrogen and oxygen atoms in total. The lowest BCUT2D eigenvalue weighted by Crippen LogP contribution is -2.47. The fourth-order valence-corrected chi connectivity index (χ4v) is 4.44. The van der Waals surface area contributed by atoms with Crippen LogP contribution >= 0.6 is 11.8 Å². The van der Waals surface area contributed by atoms with Crippen molar-refractivity contribution in [2.75, 3.05) is 10.7 Å². The number of benzene rings is 1. The Morgan fingerprint density at radius 3 is 2.58 bits per heavy atom. The minimum atomic E-state index is -0.563. The van der Waals surface area contributed by atoms with Gasteiger partial charge in [0.05, 0.1) is 16.8 Å². The van der Waals surface area contributed by atoms with Crippen molar-refractivity contribution >= 4 is 34.7 Å². The number of Topliss-reactive ketones (excluding diaryl/α,β-unsaturated/α-hetero) is 1. The molecule has 0 aliphatic carbocycles. The second-order valence-electron chi connectivity index (χ2n) is 7.06. The second-order valence-corrected chi connectivity index (χ2v) is 8.00. The zero-order valence-electron chi connectivity index (χ0n) is 15.1. The summed E-state index contributed by atoms with van der Waals surface area (Å²) in [6, 6.07) is 3.95. The van der Waals surface area contributed by atoms with Gasteiger partial charge in [0.2, 0.25) is 5.16 Å². The number of hydrogen-bond acceptors (Lipinski definition) is 6. The molecule has 1 amide bonds. The molecular weight excluding hydrogens is 350 g/mol. The molecule has 0 spiro atoms. The van der Waals surface area contributed by atoms with E-state index in [1.807, 2.05) is 26.8 Å². The first-order chi connectivity index (χ1) is 12.3. The summed E-state index contributed by atoms with van der Waals surface area (Å²) in [6.07, 6.45) is 2.88. The van der Waals surface area contributed by atoms with E-state index in [1.54, 1.807) is 16.6 Å². The number of carbonyl (C=O) groups is 2. The molecule has 2 aliphatic heterocycles. The molecule has 0 radical (unpaired) electrons. The van der Waals surface area contributed by atoms with Gasteiger partial charge in [-0.3, -0.25) is 14.5 Å². The molecule has 0 atom stereocenters. The molecule has 1 aromatic carbocycles. The normalized spacial score (nSPS) is 17.5. The number of hydrogen-bond donors (Lipinski definition) is 0. The fraction of sp³-hybridized carbons (Fsp3) is 0.389. The van der Waals surface area contributed by atoms with E-state index in [4.69, 9.17) is 0 Å². The molecule has 2 aliphatic rings. The minimum Gasteiger partial charge on any atom is -0.295 e. The van der Waals surface area contributed by atoms with Crippen molar-refractivity contribution in [1.29, 1.82) is 0 Å². The second kappa shape index (κ2) is 5.77. The number of ketones is 1. The largest absolute Gasteiger partial charge is 0.300 e. The lowest BCUT2D eigenvalue weighted by atomic mass is 9.87. The van der Waals surface area contributed by atoms with Crippen molar-refractivity contribution in [2.45, 2.75) is 37.9 Å². The van der Waals surface area contributed by atoms with Crippen LogP contribution in [0.1, 0.15) is 42.3 Å². The summed E-state index contributed by atoms with van der Waals surface area (Å²) in [5.74, 6) is -0.197. The average molecular weight is 369 g/mol.